The molecule has 0 amide bonds. The van der Waals surface area contributed by atoms with Crippen molar-refractivity contribution in [2.24, 2.45) is 0 Å². The highest BCUT2D eigenvalue weighted by Gasteiger charge is 2.39. The molecule has 0 aromatic rings. The average Bonchev–Trinajstić information content (AvgIpc) is 3.02. The molecule has 24 heavy (non-hydrogen) atoms. The van der Waals surface area contributed by atoms with Gasteiger partial charge >= 0.3 is 0 Å². The van der Waals surface area contributed by atoms with Crippen molar-refractivity contribution in [2.75, 3.05) is 20.2 Å². The molecule has 1 unspecified atom stereocenters. The third-order valence-electron chi connectivity index (χ3n) is 4.98. The predicted molar refractivity (Wildman–Crippen MR) is 104 cm³/mol. The van der Waals surface area contributed by atoms with Crippen LogP contribution >= 0.6 is 0 Å². The molecule has 2 nitrogen and oxygen atoms in total. The van der Waals surface area contributed by atoms with Crippen LogP contribution < -0.4 is 0 Å². The Labute approximate surface area is 148 Å². The summed E-state index contributed by atoms with van der Waals surface area (Å²) in [5.74, 6) is 0. The Kier molecular flexibility index (Phi) is 7.11. The summed E-state index contributed by atoms with van der Waals surface area (Å²) in [4.78, 5) is 2.28. The second kappa shape index (κ2) is 9.08. The number of nitrogens with zero attached hydrogens (tertiary/aromatic N) is 1. The van der Waals surface area contributed by atoms with Crippen molar-refractivity contribution in [3.8, 4) is 0 Å². The maximum Gasteiger partial charge on any atom is 0.0727 e. The molecule has 0 bridgehead atoms. The van der Waals surface area contributed by atoms with Gasteiger partial charge in [0.25, 0.3) is 0 Å². The number of allylic oxidation sites excluding steroid dienone is 4. The third-order valence-corrected chi connectivity index (χ3v) is 4.98. The van der Waals surface area contributed by atoms with E-state index >= 15 is 0 Å². The zero-order valence-corrected chi connectivity index (χ0v) is 15.5. The Morgan fingerprint density at radius 3 is 2.88 bits per heavy atom. The van der Waals surface area contributed by atoms with E-state index in [2.05, 4.69) is 50.4 Å². The third kappa shape index (κ3) is 5.24. The van der Waals surface area contributed by atoms with E-state index < -0.39 is 0 Å². The maximum atomic E-state index is 6.09. The van der Waals surface area contributed by atoms with Gasteiger partial charge in [0.2, 0.25) is 0 Å². The lowest BCUT2D eigenvalue weighted by Crippen LogP contribution is -2.32. The van der Waals surface area contributed by atoms with Crippen molar-refractivity contribution < 1.29 is 4.74 Å². The number of hydrogen-bond acceptors (Lipinski definition) is 2. The van der Waals surface area contributed by atoms with Crippen molar-refractivity contribution >= 4 is 0 Å². The van der Waals surface area contributed by atoms with Gasteiger partial charge in [-0.1, -0.05) is 56.4 Å². The highest BCUT2D eigenvalue weighted by Crippen LogP contribution is 2.43. The first-order valence-electron chi connectivity index (χ1n) is 9.30. The van der Waals surface area contributed by atoms with Gasteiger partial charge in [-0.05, 0) is 43.3 Å². The minimum Gasteiger partial charge on any atom is -0.376 e. The first-order valence-corrected chi connectivity index (χ1v) is 9.30. The van der Waals surface area contributed by atoms with Crippen molar-refractivity contribution in [1.29, 1.82) is 0 Å². The van der Waals surface area contributed by atoms with E-state index in [-0.39, 0.29) is 5.60 Å². The highest BCUT2D eigenvalue weighted by atomic mass is 16.5. The van der Waals surface area contributed by atoms with Crippen LogP contribution in [0, 0.1) is 0 Å². The fourth-order valence-electron chi connectivity index (χ4n) is 3.63. The molecule has 1 aliphatic heterocycles. The van der Waals surface area contributed by atoms with Crippen LogP contribution in [0.3, 0.4) is 0 Å². The molecule has 2 heteroatoms. The summed E-state index contributed by atoms with van der Waals surface area (Å²) in [5.41, 5.74) is 4.08. The van der Waals surface area contributed by atoms with Gasteiger partial charge < -0.3 is 9.64 Å². The van der Waals surface area contributed by atoms with Gasteiger partial charge in [0.05, 0.1) is 5.60 Å². The Balaban J connectivity index is 2.05. The molecule has 2 fully saturated rings. The summed E-state index contributed by atoms with van der Waals surface area (Å²) >= 11 is 0. The van der Waals surface area contributed by atoms with E-state index in [0.717, 1.165) is 38.8 Å². The molecule has 132 valence electrons. The SMILES string of the molecule is C=C/C=C\C(=C/CCC)CN(C)/C=C1/CC2(CCCO2)CCC1=C. The molecule has 1 saturated heterocycles. The number of ether oxygens (including phenoxy) is 1. The lowest BCUT2D eigenvalue weighted by atomic mass is 9.78. The Morgan fingerprint density at radius 1 is 1.38 bits per heavy atom. The summed E-state index contributed by atoms with van der Waals surface area (Å²) in [6, 6.07) is 0. The number of hydrogen-bond donors (Lipinski definition) is 0. The standard InChI is InChI=1S/C22H33NO/c1-5-7-10-20(11-8-6-2)17-23(4)18-21-16-22(13-9-15-24-22)14-12-19(21)3/h5,7,10-11,18H,1,3,6,8-9,12-17H2,2,4H3/b10-7-,20-11+,21-18-. The zero-order valence-electron chi connectivity index (χ0n) is 15.5. The van der Waals surface area contributed by atoms with E-state index in [1.807, 2.05) is 12.2 Å². The fourth-order valence-corrected chi connectivity index (χ4v) is 3.63. The molecule has 1 spiro atoms. The van der Waals surface area contributed by atoms with Crippen LogP contribution in [-0.2, 0) is 4.74 Å². The van der Waals surface area contributed by atoms with Gasteiger partial charge in [-0.3, -0.25) is 0 Å². The van der Waals surface area contributed by atoms with Gasteiger partial charge in [-0.15, -0.1) is 0 Å². The maximum absolute atomic E-state index is 6.09. The number of unbranched alkanes of at least 4 members (excludes halogenated alkanes) is 1. The van der Waals surface area contributed by atoms with E-state index in [4.69, 9.17) is 4.74 Å². The van der Waals surface area contributed by atoms with Gasteiger partial charge in [-0.25, -0.2) is 0 Å². The molecular weight excluding hydrogens is 294 g/mol. The van der Waals surface area contributed by atoms with Crippen molar-refractivity contribution in [1.82, 2.24) is 4.90 Å². The minimum atomic E-state index is 0.0947. The summed E-state index contributed by atoms with van der Waals surface area (Å²) in [7, 11) is 2.15. The first-order chi connectivity index (χ1) is 11.6. The first kappa shape index (κ1) is 18.8. The van der Waals surface area contributed by atoms with Crippen LogP contribution in [-0.4, -0.2) is 30.7 Å². The van der Waals surface area contributed by atoms with Crippen molar-refractivity contribution in [3.05, 3.63) is 60.4 Å². The molecule has 0 radical (unpaired) electrons. The number of likely N-dealkylation sites (N-methyl/N-ethyl adjacent to an activating group) is 1. The van der Waals surface area contributed by atoms with E-state index in [1.165, 1.54) is 36.0 Å². The fraction of sp³-hybridized carbons (Fsp3) is 0.545. The molecule has 0 N–H and O–H groups in total. The monoisotopic (exact) mass is 327 g/mol. The van der Waals surface area contributed by atoms with Gasteiger partial charge in [0.15, 0.2) is 0 Å². The van der Waals surface area contributed by atoms with Crippen LogP contribution in [0.1, 0.15) is 51.9 Å². The largest absolute Gasteiger partial charge is 0.376 e. The average molecular weight is 328 g/mol. The number of rotatable bonds is 7. The lowest BCUT2D eigenvalue weighted by Gasteiger charge is -2.35. The Hall–Kier alpha value is -1.54. The molecular formula is C22H33NO. The Bertz CT molecular complexity index is 532. The molecule has 0 aromatic heterocycles. The predicted octanol–water partition coefficient (Wildman–Crippen LogP) is 5.56. The van der Waals surface area contributed by atoms with Crippen LogP contribution in [0.2, 0.25) is 0 Å². The van der Waals surface area contributed by atoms with Crippen LogP contribution in [0.15, 0.2) is 60.4 Å². The van der Waals surface area contributed by atoms with Crippen molar-refractivity contribution in [3.63, 3.8) is 0 Å². The van der Waals surface area contributed by atoms with Crippen LogP contribution in [0.4, 0.5) is 0 Å². The highest BCUT2D eigenvalue weighted by molar-refractivity contribution is 5.34. The molecule has 2 rings (SSSR count). The van der Waals surface area contributed by atoms with Crippen LogP contribution in [0.25, 0.3) is 0 Å². The summed E-state index contributed by atoms with van der Waals surface area (Å²) < 4.78 is 6.09. The van der Waals surface area contributed by atoms with E-state index in [1.54, 1.807) is 0 Å². The molecule has 2 aliphatic rings. The van der Waals surface area contributed by atoms with E-state index in [0.29, 0.717) is 0 Å². The summed E-state index contributed by atoms with van der Waals surface area (Å²) in [6.07, 6.45) is 18.5. The molecule has 1 saturated carbocycles. The minimum absolute atomic E-state index is 0.0947. The van der Waals surface area contributed by atoms with E-state index in [9.17, 15) is 0 Å². The second-order valence-corrected chi connectivity index (χ2v) is 7.15. The van der Waals surface area contributed by atoms with Gasteiger partial charge in [0, 0.05) is 32.8 Å². The quantitative estimate of drug-likeness (QED) is 0.568. The topological polar surface area (TPSA) is 12.5 Å². The second-order valence-electron chi connectivity index (χ2n) is 7.15. The summed E-state index contributed by atoms with van der Waals surface area (Å²) in [5, 5.41) is 0. The normalized spacial score (nSPS) is 26.7. The summed E-state index contributed by atoms with van der Waals surface area (Å²) in [6.45, 7) is 12.1. The zero-order chi connectivity index (χ0) is 17.4. The molecule has 0 aromatic carbocycles. The Morgan fingerprint density at radius 2 is 2.21 bits per heavy atom. The van der Waals surface area contributed by atoms with Gasteiger partial charge in [0.1, 0.15) is 0 Å². The lowest BCUT2D eigenvalue weighted by molar-refractivity contribution is -0.00695. The van der Waals surface area contributed by atoms with Crippen LogP contribution in [0.5, 0.6) is 0 Å². The smallest absolute Gasteiger partial charge is 0.0727 e. The molecule has 1 heterocycles. The molecule has 1 atom stereocenters. The molecule has 1 aliphatic carbocycles. The van der Waals surface area contributed by atoms with Gasteiger partial charge in [-0.2, -0.15) is 0 Å². The van der Waals surface area contributed by atoms with Crippen molar-refractivity contribution in [2.45, 2.75) is 57.5 Å².